The summed E-state index contributed by atoms with van der Waals surface area (Å²) < 4.78 is 41.9. The number of rotatable bonds is 4. The fourth-order valence-electron chi connectivity index (χ4n) is 1.85. The lowest BCUT2D eigenvalue weighted by molar-refractivity contribution is -0.164. The van der Waals surface area contributed by atoms with Crippen LogP contribution in [0, 0.1) is 5.92 Å². The highest BCUT2D eigenvalue weighted by atomic mass is 19.4. The number of ether oxygens (including phenoxy) is 1. The summed E-state index contributed by atoms with van der Waals surface area (Å²) in [6.45, 7) is -0.182. The molecule has 0 aromatic carbocycles. The van der Waals surface area contributed by atoms with Crippen LogP contribution >= 0.6 is 0 Å². The number of carbonyl (C=O) groups excluding carboxylic acids is 1. The van der Waals surface area contributed by atoms with Gasteiger partial charge in [-0.2, -0.15) is 13.2 Å². The Kier molecular flexibility index (Phi) is 4.76. The molecule has 1 fully saturated rings. The van der Waals surface area contributed by atoms with E-state index in [2.05, 4.69) is 0 Å². The van der Waals surface area contributed by atoms with Crippen molar-refractivity contribution < 1.29 is 27.8 Å². The van der Waals surface area contributed by atoms with Crippen LogP contribution in [0.25, 0.3) is 0 Å². The monoisotopic (exact) mass is 255 g/mol. The lowest BCUT2D eigenvalue weighted by Gasteiger charge is -2.25. The highest BCUT2D eigenvalue weighted by Gasteiger charge is 2.37. The van der Waals surface area contributed by atoms with E-state index in [0.29, 0.717) is 11.3 Å². The minimum atomic E-state index is -4.45. The number of amides is 1. The van der Waals surface area contributed by atoms with Crippen LogP contribution in [0.15, 0.2) is 0 Å². The molecule has 1 heterocycles. The van der Waals surface area contributed by atoms with E-state index < -0.39 is 31.2 Å². The molecule has 1 rings (SSSR count). The fourth-order valence-corrected chi connectivity index (χ4v) is 1.85. The van der Waals surface area contributed by atoms with Crippen molar-refractivity contribution in [3.63, 3.8) is 0 Å². The fraction of sp³-hybridized carbons (Fsp3) is 0.900. The summed E-state index contributed by atoms with van der Waals surface area (Å²) in [6, 6.07) is 0. The Morgan fingerprint density at radius 2 is 2.18 bits per heavy atom. The Labute approximate surface area is 97.3 Å². The van der Waals surface area contributed by atoms with Crippen LogP contribution in [0.4, 0.5) is 13.2 Å². The number of nitrogens with zero attached hydrogens (tertiary/aromatic N) is 1. The van der Waals surface area contributed by atoms with Gasteiger partial charge in [-0.3, -0.25) is 4.79 Å². The summed E-state index contributed by atoms with van der Waals surface area (Å²) in [5, 5.41) is 8.68. The zero-order valence-electron chi connectivity index (χ0n) is 9.54. The first kappa shape index (κ1) is 14.2. The predicted molar refractivity (Wildman–Crippen MR) is 53.2 cm³/mol. The van der Waals surface area contributed by atoms with Gasteiger partial charge < -0.3 is 14.7 Å². The van der Waals surface area contributed by atoms with E-state index in [1.165, 1.54) is 0 Å². The second kappa shape index (κ2) is 5.68. The molecule has 0 radical (unpaired) electrons. The molecule has 1 amide bonds. The number of alkyl halides is 3. The van der Waals surface area contributed by atoms with Crippen LogP contribution in [0.1, 0.15) is 13.3 Å². The molecule has 100 valence electrons. The molecular weight excluding hydrogens is 239 g/mol. The molecule has 1 saturated heterocycles. The van der Waals surface area contributed by atoms with Crippen LogP contribution < -0.4 is 0 Å². The van der Waals surface area contributed by atoms with E-state index in [1.807, 2.05) is 0 Å². The first-order valence-electron chi connectivity index (χ1n) is 5.41. The van der Waals surface area contributed by atoms with Crippen LogP contribution in [0.3, 0.4) is 0 Å². The molecular formula is C10H16F3NO3. The molecule has 17 heavy (non-hydrogen) atoms. The standard InChI is InChI=1S/C10H16F3NO3/c1-7-4-8(5-17-7)9(16)14(2-3-15)6-10(11,12)13/h7-8,15H,2-6H2,1H3. The topological polar surface area (TPSA) is 49.8 Å². The SMILES string of the molecule is CC1CC(C(=O)N(CCO)CC(F)(F)F)CO1. The van der Waals surface area contributed by atoms with Gasteiger partial charge in [0.1, 0.15) is 6.54 Å². The summed E-state index contributed by atoms with van der Waals surface area (Å²) in [5.74, 6) is -1.13. The van der Waals surface area contributed by atoms with Crippen LogP contribution in [-0.2, 0) is 9.53 Å². The zero-order chi connectivity index (χ0) is 13.1. The van der Waals surface area contributed by atoms with Crippen molar-refractivity contribution in [2.45, 2.75) is 25.6 Å². The van der Waals surface area contributed by atoms with Crippen molar-refractivity contribution >= 4 is 5.91 Å². The number of aliphatic hydroxyl groups excluding tert-OH is 1. The molecule has 0 spiro atoms. The van der Waals surface area contributed by atoms with Crippen molar-refractivity contribution in [1.29, 1.82) is 0 Å². The smallest absolute Gasteiger partial charge is 0.395 e. The number of carbonyl (C=O) groups is 1. The van der Waals surface area contributed by atoms with Gasteiger partial charge in [-0.1, -0.05) is 0 Å². The quantitative estimate of drug-likeness (QED) is 0.808. The lowest BCUT2D eigenvalue weighted by atomic mass is 10.0. The molecule has 1 aliphatic heterocycles. The van der Waals surface area contributed by atoms with Crippen LogP contribution in [0.2, 0.25) is 0 Å². The third-order valence-corrected chi connectivity index (χ3v) is 2.60. The van der Waals surface area contributed by atoms with Gasteiger partial charge in [0, 0.05) is 6.54 Å². The third-order valence-electron chi connectivity index (χ3n) is 2.60. The Morgan fingerprint density at radius 1 is 1.53 bits per heavy atom. The Bertz CT molecular complexity index is 270. The van der Waals surface area contributed by atoms with Crippen molar-refractivity contribution in [3.05, 3.63) is 0 Å². The molecule has 7 heteroatoms. The molecule has 1 aliphatic rings. The van der Waals surface area contributed by atoms with Crippen molar-refractivity contribution in [2.75, 3.05) is 26.3 Å². The molecule has 0 aromatic heterocycles. The molecule has 0 bridgehead atoms. The first-order chi connectivity index (χ1) is 7.83. The van der Waals surface area contributed by atoms with Crippen LogP contribution in [0.5, 0.6) is 0 Å². The average molecular weight is 255 g/mol. The van der Waals surface area contributed by atoms with Gasteiger partial charge in [-0.15, -0.1) is 0 Å². The van der Waals surface area contributed by atoms with Crippen LogP contribution in [-0.4, -0.2) is 54.5 Å². The van der Waals surface area contributed by atoms with E-state index >= 15 is 0 Å². The van der Waals surface area contributed by atoms with Gasteiger partial charge in [-0.25, -0.2) is 0 Å². The van der Waals surface area contributed by atoms with Crippen molar-refractivity contribution in [3.8, 4) is 0 Å². The molecule has 2 unspecified atom stereocenters. The van der Waals surface area contributed by atoms with Gasteiger partial charge >= 0.3 is 6.18 Å². The maximum atomic E-state index is 12.2. The normalized spacial score (nSPS) is 25.0. The Morgan fingerprint density at radius 3 is 2.59 bits per heavy atom. The maximum absolute atomic E-state index is 12.2. The average Bonchev–Trinajstić information content (AvgIpc) is 2.61. The summed E-state index contributed by atoms with van der Waals surface area (Å²) in [7, 11) is 0. The molecule has 0 aromatic rings. The summed E-state index contributed by atoms with van der Waals surface area (Å²) in [5.41, 5.74) is 0. The van der Waals surface area contributed by atoms with Gasteiger partial charge in [0.25, 0.3) is 0 Å². The highest BCUT2D eigenvalue weighted by molar-refractivity contribution is 5.79. The van der Waals surface area contributed by atoms with E-state index in [4.69, 9.17) is 9.84 Å². The molecule has 2 atom stereocenters. The minimum Gasteiger partial charge on any atom is -0.395 e. The third kappa shape index (κ3) is 4.51. The molecule has 0 aliphatic carbocycles. The number of aliphatic hydroxyl groups is 1. The van der Waals surface area contributed by atoms with E-state index in [-0.39, 0.29) is 19.3 Å². The molecule has 1 N–H and O–H groups in total. The number of hydrogen-bond donors (Lipinski definition) is 1. The number of halogens is 3. The van der Waals surface area contributed by atoms with Gasteiger partial charge in [0.2, 0.25) is 5.91 Å². The van der Waals surface area contributed by atoms with Gasteiger partial charge in [0.15, 0.2) is 0 Å². The van der Waals surface area contributed by atoms with E-state index in [0.717, 1.165) is 0 Å². The largest absolute Gasteiger partial charge is 0.406 e. The van der Waals surface area contributed by atoms with Crippen molar-refractivity contribution in [2.24, 2.45) is 5.92 Å². The van der Waals surface area contributed by atoms with Gasteiger partial charge in [-0.05, 0) is 13.3 Å². The Hall–Kier alpha value is -0.820. The second-order valence-electron chi connectivity index (χ2n) is 4.18. The molecule has 0 saturated carbocycles. The van der Waals surface area contributed by atoms with E-state index in [9.17, 15) is 18.0 Å². The predicted octanol–water partition coefficient (Wildman–Crippen LogP) is 0.795. The lowest BCUT2D eigenvalue weighted by Crippen LogP contribution is -2.43. The highest BCUT2D eigenvalue weighted by Crippen LogP contribution is 2.23. The zero-order valence-corrected chi connectivity index (χ0v) is 9.54. The van der Waals surface area contributed by atoms with Crippen molar-refractivity contribution in [1.82, 2.24) is 4.90 Å². The summed E-state index contributed by atoms with van der Waals surface area (Å²) in [6.07, 6.45) is -4.13. The maximum Gasteiger partial charge on any atom is 0.406 e. The minimum absolute atomic E-state index is 0.106. The molecule has 4 nitrogen and oxygen atoms in total. The first-order valence-corrected chi connectivity index (χ1v) is 5.41. The van der Waals surface area contributed by atoms with E-state index in [1.54, 1.807) is 6.92 Å². The summed E-state index contributed by atoms with van der Waals surface area (Å²) >= 11 is 0. The van der Waals surface area contributed by atoms with Gasteiger partial charge in [0.05, 0.1) is 25.2 Å². The summed E-state index contributed by atoms with van der Waals surface area (Å²) in [4.78, 5) is 12.4. The second-order valence-corrected chi connectivity index (χ2v) is 4.18. The number of hydrogen-bond acceptors (Lipinski definition) is 3. The Balaban J connectivity index is 2.60.